The Bertz CT molecular complexity index is 248. The molecule has 1 saturated carbocycles. The molecule has 66 valence electrons. The zero-order chi connectivity index (χ0) is 8.39. The third kappa shape index (κ3) is 1.81. The lowest BCUT2D eigenvalue weighted by Gasteiger charge is -1.98. The van der Waals surface area contributed by atoms with Gasteiger partial charge in [0.15, 0.2) is 0 Å². The summed E-state index contributed by atoms with van der Waals surface area (Å²) in [4.78, 5) is 0. The number of ether oxygens (including phenoxy) is 1. The molecule has 0 saturated heterocycles. The van der Waals surface area contributed by atoms with E-state index in [1.54, 1.807) is 6.26 Å². The molecule has 2 nitrogen and oxygen atoms in total. The maximum Gasteiger partial charge on any atom is 0.284 e. The molecular formula is C10H14O2. The Hall–Kier alpha value is -0.920. The number of hydrogen-bond donors (Lipinski definition) is 0. The summed E-state index contributed by atoms with van der Waals surface area (Å²) in [7, 11) is 0. The molecule has 1 aromatic heterocycles. The SMILES string of the molecule is CCc1coc(OCC2CC2)c1. The molecular weight excluding hydrogens is 152 g/mol. The number of aryl methyl sites for hydroxylation is 1. The van der Waals surface area contributed by atoms with Crippen molar-refractivity contribution in [3.63, 3.8) is 0 Å². The molecule has 0 aliphatic heterocycles. The van der Waals surface area contributed by atoms with E-state index in [2.05, 4.69) is 6.92 Å². The fraction of sp³-hybridized carbons (Fsp3) is 0.600. The first-order valence-electron chi connectivity index (χ1n) is 4.58. The van der Waals surface area contributed by atoms with Gasteiger partial charge in [0.25, 0.3) is 5.95 Å². The molecule has 2 heteroatoms. The van der Waals surface area contributed by atoms with Gasteiger partial charge in [-0.3, -0.25) is 0 Å². The van der Waals surface area contributed by atoms with Crippen LogP contribution in [0.3, 0.4) is 0 Å². The van der Waals surface area contributed by atoms with Crippen LogP contribution >= 0.6 is 0 Å². The zero-order valence-corrected chi connectivity index (χ0v) is 7.38. The molecule has 1 fully saturated rings. The summed E-state index contributed by atoms with van der Waals surface area (Å²) >= 11 is 0. The van der Waals surface area contributed by atoms with Gasteiger partial charge in [-0.15, -0.1) is 0 Å². The van der Waals surface area contributed by atoms with Crippen LogP contribution in [0.2, 0.25) is 0 Å². The van der Waals surface area contributed by atoms with Crippen LogP contribution in [0.4, 0.5) is 0 Å². The second-order valence-corrected chi connectivity index (χ2v) is 3.38. The Balaban J connectivity index is 1.84. The molecule has 0 radical (unpaired) electrons. The summed E-state index contributed by atoms with van der Waals surface area (Å²) in [6, 6.07) is 1.97. The maximum atomic E-state index is 5.45. The van der Waals surface area contributed by atoms with Crippen molar-refractivity contribution in [3.8, 4) is 5.95 Å². The normalized spacial score (nSPS) is 16.4. The van der Waals surface area contributed by atoms with Crippen molar-refractivity contribution >= 4 is 0 Å². The molecule has 0 unspecified atom stereocenters. The number of hydrogen-bond acceptors (Lipinski definition) is 2. The van der Waals surface area contributed by atoms with Gasteiger partial charge in [-0.05, 0) is 30.7 Å². The van der Waals surface area contributed by atoms with Crippen LogP contribution in [0.15, 0.2) is 16.7 Å². The van der Waals surface area contributed by atoms with Crippen LogP contribution in [-0.4, -0.2) is 6.61 Å². The average Bonchev–Trinajstić information content (AvgIpc) is 2.81. The number of furan rings is 1. The minimum absolute atomic E-state index is 0.679. The lowest BCUT2D eigenvalue weighted by atomic mass is 10.3. The Morgan fingerprint density at radius 3 is 3.00 bits per heavy atom. The standard InChI is InChI=1S/C10H14O2/c1-2-8-5-10(11-6-8)12-7-9-3-4-9/h5-6,9H,2-4,7H2,1H3. The van der Waals surface area contributed by atoms with Gasteiger partial charge in [-0.1, -0.05) is 6.92 Å². The van der Waals surface area contributed by atoms with E-state index in [-0.39, 0.29) is 0 Å². The first-order valence-corrected chi connectivity index (χ1v) is 4.58. The maximum absolute atomic E-state index is 5.45. The van der Waals surface area contributed by atoms with E-state index in [4.69, 9.17) is 9.15 Å². The minimum atomic E-state index is 0.679. The van der Waals surface area contributed by atoms with Crippen LogP contribution in [-0.2, 0) is 6.42 Å². The monoisotopic (exact) mass is 166 g/mol. The highest BCUT2D eigenvalue weighted by atomic mass is 16.6. The largest absolute Gasteiger partial charge is 0.465 e. The molecule has 0 aromatic carbocycles. The van der Waals surface area contributed by atoms with Crippen molar-refractivity contribution in [1.29, 1.82) is 0 Å². The highest BCUT2D eigenvalue weighted by molar-refractivity contribution is 5.16. The molecule has 1 aromatic rings. The van der Waals surface area contributed by atoms with E-state index in [1.807, 2.05) is 6.07 Å². The van der Waals surface area contributed by atoms with E-state index in [1.165, 1.54) is 18.4 Å². The minimum Gasteiger partial charge on any atom is -0.465 e. The Morgan fingerprint density at radius 1 is 1.58 bits per heavy atom. The lowest BCUT2D eigenvalue weighted by molar-refractivity contribution is 0.231. The quantitative estimate of drug-likeness (QED) is 0.686. The molecule has 1 heterocycles. The molecule has 0 atom stereocenters. The van der Waals surface area contributed by atoms with Gasteiger partial charge in [0, 0.05) is 6.07 Å². The lowest BCUT2D eigenvalue weighted by Crippen LogP contribution is -1.97. The van der Waals surface area contributed by atoms with Crippen LogP contribution < -0.4 is 4.74 Å². The molecule has 1 aliphatic carbocycles. The van der Waals surface area contributed by atoms with Crippen LogP contribution in [0, 0.1) is 5.92 Å². The first-order chi connectivity index (χ1) is 5.88. The van der Waals surface area contributed by atoms with E-state index in [9.17, 15) is 0 Å². The third-order valence-electron chi connectivity index (χ3n) is 2.20. The summed E-state index contributed by atoms with van der Waals surface area (Å²) in [5.41, 5.74) is 1.21. The fourth-order valence-electron chi connectivity index (χ4n) is 1.10. The van der Waals surface area contributed by atoms with Crippen molar-refractivity contribution in [2.45, 2.75) is 26.2 Å². The second-order valence-electron chi connectivity index (χ2n) is 3.38. The predicted molar refractivity (Wildman–Crippen MR) is 46.3 cm³/mol. The van der Waals surface area contributed by atoms with Crippen LogP contribution in [0.25, 0.3) is 0 Å². The average molecular weight is 166 g/mol. The highest BCUT2D eigenvalue weighted by Crippen LogP contribution is 2.29. The second kappa shape index (κ2) is 3.21. The predicted octanol–water partition coefficient (Wildman–Crippen LogP) is 2.63. The van der Waals surface area contributed by atoms with E-state index >= 15 is 0 Å². The third-order valence-corrected chi connectivity index (χ3v) is 2.20. The van der Waals surface area contributed by atoms with Gasteiger partial charge < -0.3 is 9.15 Å². The smallest absolute Gasteiger partial charge is 0.284 e. The Labute approximate surface area is 72.5 Å². The van der Waals surface area contributed by atoms with E-state index in [0.29, 0.717) is 5.95 Å². The molecule has 2 rings (SSSR count). The van der Waals surface area contributed by atoms with Crippen molar-refractivity contribution in [2.24, 2.45) is 5.92 Å². The molecule has 1 aliphatic rings. The van der Waals surface area contributed by atoms with Gasteiger partial charge >= 0.3 is 0 Å². The Morgan fingerprint density at radius 2 is 2.42 bits per heavy atom. The molecule has 0 spiro atoms. The molecule has 0 bridgehead atoms. The molecule has 0 amide bonds. The van der Waals surface area contributed by atoms with Gasteiger partial charge in [0.1, 0.15) is 0 Å². The molecule has 12 heavy (non-hydrogen) atoms. The number of rotatable bonds is 4. The van der Waals surface area contributed by atoms with Gasteiger partial charge in [0.05, 0.1) is 12.9 Å². The summed E-state index contributed by atoms with van der Waals surface area (Å²) in [5.74, 6) is 1.47. The zero-order valence-electron chi connectivity index (χ0n) is 7.38. The van der Waals surface area contributed by atoms with Crippen molar-refractivity contribution in [2.75, 3.05) is 6.61 Å². The summed E-state index contributed by atoms with van der Waals surface area (Å²) in [6.07, 6.45) is 5.42. The van der Waals surface area contributed by atoms with Crippen molar-refractivity contribution in [3.05, 3.63) is 17.9 Å². The van der Waals surface area contributed by atoms with Gasteiger partial charge in [-0.2, -0.15) is 0 Å². The Kier molecular flexibility index (Phi) is 2.07. The summed E-state index contributed by atoms with van der Waals surface area (Å²) < 4.78 is 10.7. The van der Waals surface area contributed by atoms with Crippen LogP contribution in [0.1, 0.15) is 25.3 Å². The van der Waals surface area contributed by atoms with Crippen molar-refractivity contribution in [1.82, 2.24) is 0 Å². The highest BCUT2D eigenvalue weighted by Gasteiger charge is 2.22. The topological polar surface area (TPSA) is 22.4 Å². The first kappa shape index (κ1) is 7.71. The summed E-state index contributed by atoms with van der Waals surface area (Å²) in [6.45, 7) is 2.94. The fourth-order valence-corrected chi connectivity index (χ4v) is 1.10. The van der Waals surface area contributed by atoms with E-state index < -0.39 is 0 Å². The van der Waals surface area contributed by atoms with E-state index in [0.717, 1.165) is 18.9 Å². The summed E-state index contributed by atoms with van der Waals surface area (Å²) in [5, 5.41) is 0. The van der Waals surface area contributed by atoms with Gasteiger partial charge in [-0.25, -0.2) is 0 Å². The van der Waals surface area contributed by atoms with Crippen LogP contribution in [0.5, 0.6) is 5.95 Å². The van der Waals surface area contributed by atoms with Crippen molar-refractivity contribution < 1.29 is 9.15 Å². The van der Waals surface area contributed by atoms with Gasteiger partial charge in [0.2, 0.25) is 0 Å². The molecule has 0 N–H and O–H groups in total.